The maximum atomic E-state index is 12.2. The molecule has 0 bridgehead atoms. The van der Waals surface area contributed by atoms with Gasteiger partial charge in [-0.1, -0.05) is 23.2 Å². The van der Waals surface area contributed by atoms with Crippen LogP contribution in [0.2, 0.25) is 10.0 Å². The van der Waals surface area contributed by atoms with E-state index in [9.17, 15) is 18.0 Å². The highest BCUT2D eigenvalue weighted by Crippen LogP contribution is 2.30. The molecule has 1 amide bonds. The minimum Gasteiger partial charge on any atom is -0.465 e. The Bertz CT molecular complexity index is 719. The molecule has 0 aliphatic heterocycles. The number of carbonyl (C=O) groups is 2. The zero-order valence-corrected chi connectivity index (χ0v) is 15.0. The van der Waals surface area contributed by atoms with Gasteiger partial charge >= 0.3 is 5.97 Å². The predicted molar refractivity (Wildman–Crippen MR) is 86.3 cm³/mol. The molecule has 0 aromatic heterocycles. The molecule has 0 radical (unpaired) electrons. The summed E-state index contributed by atoms with van der Waals surface area (Å²) in [6.07, 6.45) is 0. The summed E-state index contributed by atoms with van der Waals surface area (Å²) in [6, 6.07) is 2.24. The molecular formula is C13H16Cl2N2O5S. The second-order valence-corrected chi connectivity index (χ2v) is 7.47. The van der Waals surface area contributed by atoms with Gasteiger partial charge in [0.2, 0.25) is 10.0 Å². The summed E-state index contributed by atoms with van der Waals surface area (Å²) in [5, 5.41) is 2.16. The van der Waals surface area contributed by atoms with Crippen LogP contribution in [0.1, 0.15) is 17.3 Å². The van der Waals surface area contributed by atoms with Gasteiger partial charge in [-0.15, -0.1) is 0 Å². The molecule has 0 atom stereocenters. The molecular weight excluding hydrogens is 367 g/mol. The highest BCUT2D eigenvalue weighted by atomic mass is 35.5. The van der Waals surface area contributed by atoms with Crippen LogP contribution in [-0.2, 0) is 19.6 Å². The van der Waals surface area contributed by atoms with E-state index in [4.69, 9.17) is 23.2 Å². The molecule has 10 heteroatoms. The third-order valence-electron chi connectivity index (χ3n) is 2.72. The van der Waals surface area contributed by atoms with E-state index >= 15 is 0 Å². The van der Waals surface area contributed by atoms with Crippen LogP contribution in [0.4, 0.5) is 0 Å². The van der Waals surface area contributed by atoms with Crippen LogP contribution in [0.25, 0.3) is 0 Å². The fraction of sp³-hybridized carbons (Fsp3) is 0.385. The molecule has 1 rings (SSSR count). The minimum atomic E-state index is -3.85. The fourth-order valence-electron chi connectivity index (χ4n) is 1.56. The Balaban J connectivity index is 3.13. The van der Waals surface area contributed by atoms with E-state index in [0.29, 0.717) is 0 Å². The van der Waals surface area contributed by atoms with E-state index in [2.05, 4.69) is 10.1 Å². The first-order chi connectivity index (χ1) is 10.6. The molecule has 1 aromatic carbocycles. The summed E-state index contributed by atoms with van der Waals surface area (Å²) in [5.41, 5.74) is -0.110. The van der Waals surface area contributed by atoms with Crippen molar-refractivity contribution in [3.05, 3.63) is 27.7 Å². The van der Waals surface area contributed by atoms with Crippen molar-refractivity contribution in [1.82, 2.24) is 9.62 Å². The summed E-state index contributed by atoms with van der Waals surface area (Å²) >= 11 is 11.8. The van der Waals surface area contributed by atoms with Crippen molar-refractivity contribution < 1.29 is 22.7 Å². The number of carbonyl (C=O) groups excluding carboxylic acids is 2. The molecule has 1 N–H and O–H groups in total. The zero-order valence-electron chi connectivity index (χ0n) is 12.7. The largest absolute Gasteiger partial charge is 0.465 e. The average Bonchev–Trinajstić information content (AvgIpc) is 2.44. The van der Waals surface area contributed by atoms with Crippen molar-refractivity contribution in [1.29, 1.82) is 0 Å². The number of hydrogen-bond donors (Lipinski definition) is 1. The second kappa shape index (κ2) is 7.96. The van der Waals surface area contributed by atoms with E-state index in [1.165, 1.54) is 20.2 Å². The molecule has 0 fully saturated rings. The molecule has 7 nitrogen and oxygen atoms in total. The van der Waals surface area contributed by atoms with E-state index in [1.54, 1.807) is 6.92 Å². The Morgan fingerprint density at radius 3 is 2.35 bits per heavy atom. The van der Waals surface area contributed by atoms with Crippen LogP contribution < -0.4 is 5.32 Å². The van der Waals surface area contributed by atoms with Crippen molar-refractivity contribution in [2.45, 2.75) is 11.8 Å². The standard InChI is InChI=1S/C13H16Cl2N2O5S/c1-4-22-12(18)7-16-13(19)8-5-11(10(15)6-9(8)14)23(20,21)17(2)3/h5-6H,4,7H2,1-3H3,(H,16,19). The van der Waals surface area contributed by atoms with Crippen molar-refractivity contribution in [3.63, 3.8) is 0 Å². The predicted octanol–water partition coefficient (Wildman–Crippen LogP) is 1.54. The molecule has 1 aromatic rings. The molecule has 0 unspecified atom stereocenters. The third-order valence-corrected chi connectivity index (χ3v) is 5.32. The number of nitrogens with one attached hydrogen (secondary N) is 1. The number of rotatable bonds is 6. The number of hydrogen-bond acceptors (Lipinski definition) is 5. The van der Waals surface area contributed by atoms with Crippen LogP contribution in [0, 0.1) is 0 Å². The van der Waals surface area contributed by atoms with Gasteiger partial charge in [0.25, 0.3) is 5.91 Å². The highest BCUT2D eigenvalue weighted by Gasteiger charge is 2.24. The topological polar surface area (TPSA) is 92.8 Å². The Hall–Kier alpha value is -1.35. The van der Waals surface area contributed by atoms with E-state index in [1.807, 2.05) is 0 Å². The summed E-state index contributed by atoms with van der Waals surface area (Å²) in [7, 11) is -1.18. The zero-order chi connectivity index (χ0) is 17.8. The van der Waals surface area contributed by atoms with E-state index in [-0.39, 0.29) is 33.7 Å². The smallest absolute Gasteiger partial charge is 0.325 e. The van der Waals surface area contributed by atoms with E-state index in [0.717, 1.165) is 10.4 Å². The summed E-state index contributed by atoms with van der Waals surface area (Å²) in [6.45, 7) is 1.46. The van der Waals surface area contributed by atoms with Gasteiger partial charge in [0, 0.05) is 14.1 Å². The molecule has 0 aliphatic rings. The lowest BCUT2D eigenvalue weighted by Crippen LogP contribution is -2.31. The van der Waals surface area contributed by atoms with Gasteiger partial charge in [0.05, 0.1) is 22.2 Å². The third kappa shape index (κ3) is 4.81. The van der Waals surface area contributed by atoms with Gasteiger partial charge in [-0.05, 0) is 19.1 Å². The number of ether oxygens (including phenoxy) is 1. The first kappa shape index (κ1) is 19.7. The number of sulfonamides is 1. The van der Waals surface area contributed by atoms with Gasteiger partial charge < -0.3 is 10.1 Å². The van der Waals surface area contributed by atoms with Crippen LogP contribution in [-0.4, -0.2) is 51.8 Å². The number of esters is 1. The number of halogens is 2. The quantitative estimate of drug-likeness (QED) is 0.753. The van der Waals surface area contributed by atoms with E-state index < -0.39 is 21.9 Å². The van der Waals surface area contributed by atoms with Gasteiger partial charge in [-0.3, -0.25) is 9.59 Å². The fourth-order valence-corrected chi connectivity index (χ4v) is 3.28. The average molecular weight is 383 g/mol. The molecule has 0 saturated heterocycles. The molecule has 23 heavy (non-hydrogen) atoms. The van der Waals surface area contributed by atoms with Gasteiger partial charge in [-0.25, -0.2) is 12.7 Å². The maximum Gasteiger partial charge on any atom is 0.325 e. The van der Waals surface area contributed by atoms with Crippen molar-refractivity contribution in [2.75, 3.05) is 27.2 Å². The van der Waals surface area contributed by atoms with Gasteiger partial charge in [0.15, 0.2) is 0 Å². The monoisotopic (exact) mass is 382 g/mol. The molecule has 0 aliphatic carbocycles. The summed E-state index contributed by atoms with van der Waals surface area (Å²) < 4.78 is 30.0. The Morgan fingerprint density at radius 1 is 1.22 bits per heavy atom. The minimum absolute atomic E-state index is 0.0333. The van der Waals surface area contributed by atoms with Crippen LogP contribution in [0.15, 0.2) is 17.0 Å². The number of benzene rings is 1. The lowest BCUT2D eigenvalue weighted by Gasteiger charge is -2.14. The first-order valence-electron chi connectivity index (χ1n) is 6.46. The number of nitrogens with zero attached hydrogens (tertiary/aromatic N) is 1. The van der Waals surface area contributed by atoms with Crippen molar-refractivity contribution in [2.24, 2.45) is 0 Å². The SMILES string of the molecule is CCOC(=O)CNC(=O)c1cc(S(=O)(=O)N(C)C)c(Cl)cc1Cl. The highest BCUT2D eigenvalue weighted by molar-refractivity contribution is 7.89. The lowest BCUT2D eigenvalue weighted by molar-refractivity contribution is -0.141. The molecule has 128 valence electrons. The molecule has 0 heterocycles. The Morgan fingerprint density at radius 2 is 1.83 bits per heavy atom. The summed E-state index contributed by atoms with van der Waals surface area (Å²) in [4.78, 5) is 23.1. The van der Waals surface area contributed by atoms with Crippen molar-refractivity contribution in [3.8, 4) is 0 Å². The molecule has 0 saturated carbocycles. The van der Waals surface area contributed by atoms with Crippen LogP contribution in [0.3, 0.4) is 0 Å². The number of amides is 1. The first-order valence-corrected chi connectivity index (χ1v) is 8.66. The molecule has 0 spiro atoms. The van der Waals surface area contributed by atoms with Crippen LogP contribution >= 0.6 is 23.2 Å². The van der Waals surface area contributed by atoms with Crippen molar-refractivity contribution >= 4 is 45.1 Å². The Kier molecular flexibility index (Phi) is 6.82. The van der Waals surface area contributed by atoms with Gasteiger partial charge in [-0.2, -0.15) is 0 Å². The summed E-state index contributed by atoms with van der Waals surface area (Å²) in [5.74, 6) is -1.33. The maximum absolute atomic E-state index is 12.2. The lowest BCUT2D eigenvalue weighted by atomic mass is 10.2. The normalized spacial score (nSPS) is 11.4. The Labute approximate surface area is 144 Å². The second-order valence-electron chi connectivity index (χ2n) is 4.54. The van der Waals surface area contributed by atoms with Crippen LogP contribution in [0.5, 0.6) is 0 Å². The van der Waals surface area contributed by atoms with Gasteiger partial charge in [0.1, 0.15) is 11.4 Å².